The van der Waals surface area contributed by atoms with Gasteiger partial charge in [-0.3, -0.25) is 0 Å². The van der Waals surface area contributed by atoms with Crippen LogP contribution in [0.3, 0.4) is 0 Å². The van der Waals surface area contributed by atoms with Gasteiger partial charge in [0.15, 0.2) is 0 Å². The highest BCUT2D eigenvalue weighted by atomic mass is 16.1. The largest absolute Gasteiger partial charge is 0.234 e. The Balaban J connectivity index is 3.41. The maximum atomic E-state index is 10.7. The molecule has 0 aromatic carbocycles. The maximum absolute atomic E-state index is 10.7. The molecule has 0 saturated heterocycles. The van der Waals surface area contributed by atoms with Crippen LogP contribution in [0.4, 0.5) is 0 Å². The first-order chi connectivity index (χ1) is 7.35. The fraction of sp³-hybridized carbons (Fsp3) is 0.857. The van der Waals surface area contributed by atoms with Gasteiger partial charge in [-0.05, 0) is 25.7 Å². The summed E-state index contributed by atoms with van der Waals surface area (Å²) in [6.45, 7) is 4.41. The molecular formula is C14H26O. The summed E-state index contributed by atoms with van der Waals surface area (Å²) >= 11 is 0. The van der Waals surface area contributed by atoms with Crippen molar-refractivity contribution in [3.63, 3.8) is 0 Å². The normalized spacial score (nSPS) is 10.0. The number of hydrogen-bond donors (Lipinski definition) is 0. The average molecular weight is 210 g/mol. The molecule has 0 spiro atoms. The zero-order valence-corrected chi connectivity index (χ0v) is 10.5. The van der Waals surface area contributed by atoms with Crippen LogP contribution in [0.5, 0.6) is 0 Å². The summed E-state index contributed by atoms with van der Waals surface area (Å²) in [6, 6.07) is 0. The summed E-state index contributed by atoms with van der Waals surface area (Å²) in [6.07, 6.45) is 12.0. The molecule has 0 heterocycles. The highest BCUT2D eigenvalue weighted by Crippen LogP contribution is 2.14. The fourth-order valence-corrected chi connectivity index (χ4v) is 1.76. The standard InChI is InChI=1S/C14H26O/c1-3-5-7-8-10-12-14(13-15)11-9-6-4-2/h3-12H2,1-2H3. The molecular weight excluding hydrogens is 184 g/mol. The van der Waals surface area contributed by atoms with Crippen LogP contribution in [0, 0.1) is 0 Å². The number of unbranched alkanes of at least 4 members (excludes halogenated alkanes) is 6. The van der Waals surface area contributed by atoms with Crippen LogP contribution in [0.1, 0.15) is 78.1 Å². The quantitative estimate of drug-likeness (QED) is 0.378. The lowest BCUT2D eigenvalue weighted by Crippen LogP contribution is -1.87. The third kappa shape index (κ3) is 9.75. The Bertz CT molecular complexity index is 178. The van der Waals surface area contributed by atoms with Gasteiger partial charge in [0.1, 0.15) is 5.94 Å². The van der Waals surface area contributed by atoms with Crippen molar-refractivity contribution in [1.29, 1.82) is 0 Å². The zero-order chi connectivity index (χ0) is 11.4. The third-order valence-corrected chi connectivity index (χ3v) is 2.81. The van der Waals surface area contributed by atoms with Crippen molar-refractivity contribution in [2.24, 2.45) is 0 Å². The lowest BCUT2D eigenvalue weighted by molar-refractivity contribution is 0.559. The molecule has 0 bridgehead atoms. The van der Waals surface area contributed by atoms with Gasteiger partial charge in [0.2, 0.25) is 0 Å². The molecule has 0 unspecified atom stereocenters. The van der Waals surface area contributed by atoms with Crippen molar-refractivity contribution >= 4 is 5.94 Å². The van der Waals surface area contributed by atoms with Gasteiger partial charge in [0.25, 0.3) is 0 Å². The van der Waals surface area contributed by atoms with Gasteiger partial charge < -0.3 is 0 Å². The molecule has 0 saturated carbocycles. The molecule has 0 aromatic heterocycles. The van der Waals surface area contributed by atoms with Gasteiger partial charge in [-0.25, -0.2) is 4.79 Å². The summed E-state index contributed by atoms with van der Waals surface area (Å²) in [5, 5.41) is 0. The summed E-state index contributed by atoms with van der Waals surface area (Å²) in [5.41, 5.74) is 1.01. The predicted octanol–water partition coefficient (Wildman–Crippen LogP) is 4.69. The molecule has 0 aliphatic carbocycles. The number of rotatable bonds is 10. The van der Waals surface area contributed by atoms with Crippen LogP contribution >= 0.6 is 0 Å². The van der Waals surface area contributed by atoms with E-state index >= 15 is 0 Å². The van der Waals surface area contributed by atoms with Gasteiger partial charge in [0, 0.05) is 5.57 Å². The molecule has 0 radical (unpaired) electrons. The molecule has 0 amide bonds. The molecule has 1 heteroatoms. The van der Waals surface area contributed by atoms with E-state index in [1.165, 1.54) is 44.9 Å². The monoisotopic (exact) mass is 210 g/mol. The van der Waals surface area contributed by atoms with Gasteiger partial charge in [0.05, 0.1) is 0 Å². The predicted molar refractivity (Wildman–Crippen MR) is 66.7 cm³/mol. The molecule has 88 valence electrons. The second kappa shape index (κ2) is 11.5. The van der Waals surface area contributed by atoms with Crippen LogP contribution in [-0.2, 0) is 4.79 Å². The fourth-order valence-electron chi connectivity index (χ4n) is 1.76. The van der Waals surface area contributed by atoms with E-state index in [1.54, 1.807) is 0 Å². The lowest BCUT2D eigenvalue weighted by atomic mass is 10.0. The molecule has 0 fully saturated rings. The van der Waals surface area contributed by atoms with Crippen LogP contribution in [0.15, 0.2) is 5.57 Å². The van der Waals surface area contributed by atoms with Crippen molar-refractivity contribution in [2.75, 3.05) is 0 Å². The first-order valence-electron chi connectivity index (χ1n) is 6.58. The Kier molecular flexibility index (Phi) is 11.1. The Morgan fingerprint density at radius 1 is 0.800 bits per heavy atom. The Hall–Kier alpha value is -0.550. The minimum absolute atomic E-state index is 0.977. The number of carbonyl (C=O) groups excluding carboxylic acids is 1. The summed E-state index contributed by atoms with van der Waals surface area (Å²) in [7, 11) is 0. The summed E-state index contributed by atoms with van der Waals surface area (Å²) < 4.78 is 0. The van der Waals surface area contributed by atoms with E-state index in [1.807, 2.05) is 0 Å². The van der Waals surface area contributed by atoms with Crippen LogP contribution in [0.2, 0.25) is 0 Å². The van der Waals surface area contributed by atoms with Crippen LogP contribution < -0.4 is 0 Å². The van der Waals surface area contributed by atoms with Crippen LogP contribution in [-0.4, -0.2) is 5.94 Å². The second-order valence-corrected chi connectivity index (χ2v) is 4.33. The third-order valence-electron chi connectivity index (χ3n) is 2.81. The van der Waals surface area contributed by atoms with Crippen molar-refractivity contribution in [2.45, 2.75) is 78.1 Å². The molecule has 15 heavy (non-hydrogen) atoms. The first-order valence-corrected chi connectivity index (χ1v) is 6.58. The molecule has 0 N–H and O–H groups in total. The second-order valence-electron chi connectivity index (χ2n) is 4.33. The van der Waals surface area contributed by atoms with E-state index in [0.29, 0.717) is 0 Å². The Morgan fingerprint density at radius 3 is 1.80 bits per heavy atom. The van der Waals surface area contributed by atoms with Gasteiger partial charge in [-0.2, -0.15) is 0 Å². The summed E-state index contributed by atoms with van der Waals surface area (Å²) in [4.78, 5) is 10.7. The van der Waals surface area contributed by atoms with E-state index in [2.05, 4.69) is 19.8 Å². The minimum atomic E-state index is 0.977. The highest BCUT2D eigenvalue weighted by molar-refractivity contribution is 5.52. The average Bonchev–Trinajstić information content (AvgIpc) is 2.26. The number of hydrogen-bond acceptors (Lipinski definition) is 1. The lowest BCUT2D eigenvalue weighted by Gasteiger charge is -2.02. The zero-order valence-electron chi connectivity index (χ0n) is 10.5. The highest BCUT2D eigenvalue weighted by Gasteiger charge is 1.98. The Labute approximate surface area is 95.0 Å². The smallest absolute Gasteiger partial charge is 0.123 e. The molecule has 0 aromatic rings. The van der Waals surface area contributed by atoms with Crippen molar-refractivity contribution in [1.82, 2.24) is 0 Å². The summed E-state index contributed by atoms with van der Waals surface area (Å²) in [5.74, 6) is 2.12. The van der Waals surface area contributed by atoms with E-state index in [4.69, 9.17) is 0 Å². The molecule has 0 aliphatic heterocycles. The Morgan fingerprint density at radius 2 is 1.27 bits per heavy atom. The van der Waals surface area contributed by atoms with E-state index in [-0.39, 0.29) is 0 Å². The first kappa shape index (κ1) is 14.5. The van der Waals surface area contributed by atoms with Crippen LogP contribution in [0.25, 0.3) is 0 Å². The molecule has 0 rings (SSSR count). The van der Waals surface area contributed by atoms with Gasteiger partial charge in [-0.15, -0.1) is 0 Å². The SMILES string of the molecule is CCCCCCCC(=C=O)CCCCC. The van der Waals surface area contributed by atoms with Gasteiger partial charge in [-0.1, -0.05) is 52.4 Å². The number of allylic oxidation sites excluding steroid dienone is 1. The molecule has 0 aliphatic rings. The minimum Gasteiger partial charge on any atom is -0.234 e. The molecule has 1 nitrogen and oxygen atoms in total. The maximum Gasteiger partial charge on any atom is 0.123 e. The topological polar surface area (TPSA) is 17.1 Å². The van der Waals surface area contributed by atoms with E-state index in [9.17, 15) is 4.79 Å². The van der Waals surface area contributed by atoms with Crippen molar-refractivity contribution in [3.8, 4) is 0 Å². The van der Waals surface area contributed by atoms with Gasteiger partial charge >= 0.3 is 0 Å². The van der Waals surface area contributed by atoms with E-state index < -0.39 is 0 Å². The van der Waals surface area contributed by atoms with Crippen molar-refractivity contribution < 1.29 is 4.79 Å². The molecule has 0 atom stereocenters. The van der Waals surface area contributed by atoms with Crippen molar-refractivity contribution in [3.05, 3.63) is 5.57 Å². The van der Waals surface area contributed by atoms with E-state index in [0.717, 1.165) is 24.8 Å².